The van der Waals surface area contributed by atoms with Gasteiger partial charge in [0.1, 0.15) is 0 Å². The maximum absolute atomic E-state index is 11.1. The fourth-order valence-electron chi connectivity index (χ4n) is 1.14. The number of carboxylic acids is 1. The summed E-state index contributed by atoms with van der Waals surface area (Å²) >= 11 is 0. The normalized spacial score (nSPS) is 10.6. The van der Waals surface area contributed by atoms with Gasteiger partial charge in [0.25, 0.3) is 0 Å². The number of rotatable bonds is 5. The molecule has 1 heterocycles. The number of aromatic nitrogens is 2. The van der Waals surface area contributed by atoms with Gasteiger partial charge in [-0.25, -0.2) is 4.79 Å². The molecule has 0 atom stereocenters. The molecule has 1 rings (SSSR count). The summed E-state index contributed by atoms with van der Waals surface area (Å²) in [5, 5.41) is 14.8. The number of carboxylic acid groups (broad SMARTS) is 1. The molecule has 0 aliphatic rings. The van der Waals surface area contributed by atoms with Crippen molar-refractivity contribution >= 4 is 11.9 Å². The Morgan fingerprint density at radius 3 is 2.88 bits per heavy atom. The van der Waals surface area contributed by atoms with Crippen LogP contribution >= 0.6 is 0 Å². The fraction of sp³-hybridized carbons (Fsp3) is 0.300. The molecule has 0 unspecified atom stereocenters. The van der Waals surface area contributed by atoms with Crippen LogP contribution in [0.4, 0.5) is 0 Å². The standard InChI is InChI=1S/C10H13N3O3/c1-13-7-8(6-12-13)4-5-11-9(14)2-3-10(15)16/h2-3,6-7H,4-5H2,1H3,(H,11,14)(H,15,16)/b3-2+. The van der Waals surface area contributed by atoms with Crippen LogP contribution in [0.2, 0.25) is 0 Å². The lowest BCUT2D eigenvalue weighted by Gasteiger charge is -1.99. The van der Waals surface area contributed by atoms with Gasteiger partial charge < -0.3 is 10.4 Å². The first-order valence-electron chi connectivity index (χ1n) is 4.74. The Balaban J connectivity index is 2.25. The molecule has 86 valence electrons. The van der Waals surface area contributed by atoms with E-state index in [1.54, 1.807) is 10.9 Å². The zero-order valence-electron chi connectivity index (χ0n) is 8.88. The van der Waals surface area contributed by atoms with E-state index in [1.807, 2.05) is 13.2 Å². The summed E-state index contributed by atoms with van der Waals surface area (Å²) in [7, 11) is 1.82. The second-order valence-corrected chi connectivity index (χ2v) is 3.23. The van der Waals surface area contributed by atoms with Crippen LogP contribution in [0.1, 0.15) is 5.56 Å². The molecule has 1 amide bonds. The van der Waals surface area contributed by atoms with Crippen molar-refractivity contribution in [2.45, 2.75) is 6.42 Å². The Morgan fingerprint density at radius 2 is 2.31 bits per heavy atom. The van der Waals surface area contributed by atoms with Crippen LogP contribution in [0.15, 0.2) is 24.5 Å². The number of amides is 1. The van der Waals surface area contributed by atoms with E-state index in [0.29, 0.717) is 13.0 Å². The zero-order chi connectivity index (χ0) is 12.0. The highest BCUT2D eigenvalue weighted by Gasteiger charge is 1.98. The van der Waals surface area contributed by atoms with Gasteiger partial charge in [-0.05, 0) is 12.0 Å². The highest BCUT2D eigenvalue weighted by molar-refractivity contribution is 5.93. The number of nitrogens with zero attached hydrogens (tertiary/aromatic N) is 2. The van der Waals surface area contributed by atoms with E-state index in [9.17, 15) is 9.59 Å². The third kappa shape index (κ3) is 4.41. The molecule has 2 N–H and O–H groups in total. The van der Waals surface area contributed by atoms with Crippen molar-refractivity contribution in [2.24, 2.45) is 7.05 Å². The largest absolute Gasteiger partial charge is 0.478 e. The number of hydrogen-bond donors (Lipinski definition) is 2. The summed E-state index contributed by atoms with van der Waals surface area (Å²) in [6.07, 6.45) is 6.05. The first kappa shape index (κ1) is 12.0. The Morgan fingerprint density at radius 1 is 1.56 bits per heavy atom. The van der Waals surface area contributed by atoms with Crippen molar-refractivity contribution in [3.63, 3.8) is 0 Å². The van der Waals surface area contributed by atoms with Gasteiger partial charge in [-0.3, -0.25) is 9.48 Å². The lowest BCUT2D eigenvalue weighted by molar-refractivity contribution is -0.131. The number of aliphatic carboxylic acids is 1. The second kappa shape index (κ2) is 5.69. The molecule has 0 saturated heterocycles. The van der Waals surface area contributed by atoms with Gasteiger partial charge >= 0.3 is 5.97 Å². The average molecular weight is 223 g/mol. The minimum absolute atomic E-state index is 0.411. The molecule has 6 nitrogen and oxygen atoms in total. The van der Waals surface area contributed by atoms with E-state index in [1.165, 1.54) is 0 Å². The van der Waals surface area contributed by atoms with Crippen molar-refractivity contribution < 1.29 is 14.7 Å². The number of aryl methyl sites for hydroxylation is 1. The summed E-state index contributed by atoms with van der Waals surface area (Å²) in [5.74, 6) is -1.55. The van der Waals surface area contributed by atoms with Gasteiger partial charge in [-0.15, -0.1) is 0 Å². The number of nitrogens with one attached hydrogen (secondary N) is 1. The van der Waals surface area contributed by atoms with E-state index in [0.717, 1.165) is 17.7 Å². The molecule has 0 aliphatic carbocycles. The molecule has 6 heteroatoms. The third-order valence-corrected chi connectivity index (χ3v) is 1.85. The Kier molecular flexibility index (Phi) is 4.26. The lowest BCUT2D eigenvalue weighted by atomic mass is 10.2. The average Bonchev–Trinajstić information content (AvgIpc) is 2.61. The quantitative estimate of drug-likeness (QED) is 0.672. The zero-order valence-corrected chi connectivity index (χ0v) is 8.88. The van der Waals surface area contributed by atoms with Crippen molar-refractivity contribution in [1.29, 1.82) is 0 Å². The minimum Gasteiger partial charge on any atom is -0.478 e. The maximum Gasteiger partial charge on any atom is 0.328 e. The van der Waals surface area contributed by atoms with E-state index >= 15 is 0 Å². The maximum atomic E-state index is 11.1. The van der Waals surface area contributed by atoms with Crippen molar-refractivity contribution in [1.82, 2.24) is 15.1 Å². The van der Waals surface area contributed by atoms with Gasteiger partial charge in [0, 0.05) is 31.9 Å². The molecule has 0 bridgehead atoms. The van der Waals surface area contributed by atoms with E-state index in [4.69, 9.17) is 5.11 Å². The highest BCUT2D eigenvalue weighted by atomic mass is 16.4. The van der Waals surface area contributed by atoms with Crippen LogP contribution in [0.25, 0.3) is 0 Å². The first-order valence-corrected chi connectivity index (χ1v) is 4.74. The van der Waals surface area contributed by atoms with Crippen LogP contribution in [0.3, 0.4) is 0 Å². The fourth-order valence-corrected chi connectivity index (χ4v) is 1.14. The SMILES string of the molecule is Cn1cc(CCNC(=O)/C=C/C(=O)O)cn1. The van der Waals surface area contributed by atoms with Gasteiger partial charge in [-0.1, -0.05) is 0 Å². The molecule has 0 saturated carbocycles. The highest BCUT2D eigenvalue weighted by Crippen LogP contribution is 1.95. The van der Waals surface area contributed by atoms with E-state index in [2.05, 4.69) is 10.4 Å². The van der Waals surface area contributed by atoms with E-state index in [-0.39, 0.29) is 0 Å². The number of hydrogen-bond acceptors (Lipinski definition) is 3. The molecule has 1 aromatic rings. The Labute approximate surface area is 92.6 Å². The molecular weight excluding hydrogens is 210 g/mol. The van der Waals surface area contributed by atoms with Crippen LogP contribution < -0.4 is 5.32 Å². The predicted octanol–water partition coefficient (Wildman–Crippen LogP) is -0.280. The van der Waals surface area contributed by atoms with Crippen LogP contribution in [-0.4, -0.2) is 33.3 Å². The Hall–Kier alpha value is -2.11. The van der Waals surface area contributed by atoms with Crippen molar-refractivity contribution in [3.8, 4) is 0 Å². The summed E-state index contributed by atoms with van der Waals surface area (Å²) in [4.78, 5) is 21.2. The Bertz CT molecular complexity index is 409. The summed E-state index contributed by atoms with van der Waals surface area (Å²) in [6.45, 7) is 0.453. The number of carbonyl (C=O) groups is 2. The van der Waals surface area contributed by atoms with Gasteiger partial charge in [0.05, 0.1) is 6.20 Å². The predicted molar refractivity (Wildman–Crippen MR) is 56.7 cm³/mol. The van der Waals surface area contributed by atoms with Crippen molar-refractivity contribution in [3.05, 3.63) is 30.1 Å². The monoisotopic (exact) mass is 223 g/mol. The molecular formula is C10H13N3O3. The molecule has 0 fully saturated rings. The molecule has 0 spiro atoms. The molecule has 1 aromatic heterocycles. The minimum atomic E-state index is -1.14. The molecule has 0 aromatic carbocycles. The van der Waals surface area contributed by atoms with Gasteiger partial charge in [-0.2, -0.15) is 5.10 Å². The molecule has 16 heavy (non-hydrogen) atoms. The smallest absolute Gasteiger partial charge is 0.328 e. The summed E-state index contributed by atoms with van der Waals surface area (Å²) in [5.41, 5.74) is 1.02. The van der Waals surface area contributed by atoms with Crippen LogP contribution in [0.5, 0.6) is 0 Å². The summed E-state index contributed by atoms with van der Waals surface area (Å²) < 4.78 is 1.68. The van der Waals surface area contributed by atoms with E-state index < -0.39 is 11.9 Å². The number of carbonyl (C=O) groups excluding carboxylic acids is 1. The van der Waals surface area contributed by atoms with Crippen LogP contribution in [0, 0.1) is 0 Å². The third-order valence-electron chi connectivity index (χ3n) is 1.85. The first-order chi connectivity index (χ1) is 7.58. The molecule has 0 radical (unpaired) electrons. The summed E-state index contributed by atoms with van der Waals surface area (Å²) in [6, 6.07) is 0. The van der Waals surface area contributed by atoms with Gasteiger partial charge in [0.2, 0.25) is 5.91 Å². The second-order valence-electron chi connectivity index (χ2n) is 3.23. The topological polar surface area (TPSA) is 84.2 Å². The van der Waals surface area contributed by atoms with Crippen molar-refractivity contribution in [2.75, 3.05) is 6.54 Å². The molecule has 0 aliphatic heterocycles. The lowest BCUT2D eigenvalue weighted by Crippen LogP contribution is -2.23. The van der Waals surface area contributed by atoms with Gasteiger partial charge in [0.15, 0.2) is 0 Å². The van der Waals surface area contributed by atoms with Crippen LogP contribution in [-0.2, 0) is 23.1 Å².